The van der Waals surface area contributed by atoms with Crippen LogP contribution >= 0.6 is 11.3 Å². The van der Waals surface area contributed by atoms with E-state index in [1.54, 1.807) is 29.1 Å². The molecule has 0 atom stereocenters. The number of ether oxygens (including phenoxy) is 1. The molecule has 0 unspecified atom stereocenters. The van der Waals surface area contributed by atoms with E-state index < -0.39 is 0 Å². The van der Waals surface area contributed by atoms with Crippen molar-refractivity contribution in [3.05, 3.63) is 99.1 Å². The number of aryl methyl sites for hydroxylation is 2. The maximum atomic E-state index is 13.0. The third-order valence-electron chi connectivity index (χ3n) is 4.62. The van der Waals surface area contributed by atoms with E-state index in [1.807, 2.05) is 37.4 Å². The lowest BCUT2D eigenvalue weighted by atomic mass is 10.1. The summed E-state index contributed by atoms with van der Waals surface area (Å²) in [6, 6.07) is 15.9. The molecule has 0 spiro atoms. The van der Waals surface area contributed by atoms with E-state index in [1.165, 1.54) is 23.5 Å². The first-order valence-corrected chi connectivity index (χ1v) is 10.7. The van der Waals surface area contributed by atoms with Crippen LogP contribution in [-0.2, 0) is 13.2 Å². The number of carbonyl (C=O) groups is 1. The fraction of sp³-hybridized carbons (Fsp3) is 0.167. The largest absolute Gasteiger partial charge is 0.489 e. The zero-order valence-electron chi connectivity index (χ0n) is 17.3. The van der Waals surface area contributed by atoms with Gasteiger partial charge in [-0.25, -0.2) is 4.39 Å². The highest BCUT2D eigenvalue weighted by molar-refractivity contribution is 7.12. The number of halogens is 1. The number of nitrogens with zero attached hydrogens (tertiary/aromatic N) is 2. The minimum Gasteiger partial charge on any atom is -0.489 e. The van der Waals surface area contributed by atoms with Crippen LogP contribution in [0.4, 0.5) is 10.2 Å². The molecular formula is C24H22FN3O2S. The highest BCUT2D eigenvalue weighted by atomic mass is 32.1. The van der Waals surface area contributed by atoms with E-state index in [9.17, 15) is 9.18 Å². The molecule has 0 aliphatic rings. The molecule has 1 N–H and O–H groups in total. The Hall–Kier alpha value is -3.45. The maximum absolute atomic E-state index is 13.0. The van der Waals surface area contributed by atoms with Crippen molar-refractivity contribution in [3.8, 4) is 5.75 Å². The zero-order chi connectivity index (χ0) is 21.8. The number of nitrogens with one attached hydrogen (secondary N) is 1. The van der Waals surface area contributed by atoms with Gasteiger partial charge in [0.15, 0.2) is 5.82 Å². The molecule has 0 radical (unpaired) electrons. The van der Waals surface area contributed by atoms with E-state index >= 15 is 0 Å². The van der Waals surface area contributed by atoms with Crippen LogP contribution in [0.15, 0.2) is 66.2 Å². The first kappa shape index (κ1) is 20.8. The summed E-state index contributed by atoms with van der Waals surface area (Å²) in [6.07, 6.45) is 1.77. The van der Waals surface area contributed by atoms with Gasteiger partial charge in [0.05, 0.1) is 11.4 Å². The van der Waals surface area contributed by atoms with Crippen LogP contribution in [-0.4, -0.2) is 15.7 Å². The van der Waals surface area contributed by atoms with Gasteiger partial charge in [0.1, 0.15) is 18.2 Å². The van der Waals surface area contributed by atoms with Gasteiger partial charge in [0, 0.05) is 17.8 Å². The number of benzene rings is 2. The third kappa shape index (κ3) is 5.58. The summed E-state index contributed by atoms with van der Waals surface area (Å²) in [5.74, 6) is 0.802. The molecule has 0 saturated carbocycles. The third-order valence-corrected chi connectivity index (χ3v) is 5.60. The summed E-state index contributed by atoms with van der Waals surface area (Å²) in [7, 11) is 0. The molecule has 0 fully saturated rings. The van der Waals surface area contributed by atoms with Crippen molar-refractivity contribution < 1.29 is 13.9 Å². The Kier molecular flexibility index (Phi) is 6.13. The highest BCUT2D eigenvalue weighted by Crippen LogP contribution is 2.21. The summed E-state index contributed by atoms with van der Waals surface area (Å²) < 4.78 is 20.6. The van der Waals surface area contributed by atoms with E-state index in [4.69, 9.17) is 4.74 Å². The van der Waals surface area contributed by atoms with Crippen LogP contribution < -0.4 is 10.1 Å². The molecule has 1 amide bonds. The van der Waals surface area contributed by atoms with Crippen LogP contribution in [0.25, 0.3) is 0 Å². The van der Waals surface area contributed by atoms with Gasteiger partial charge in [0.25, 0.3) is 5.91 Å². The minimum atomic E-state index is -0.271. The lowest BCUT2D eigenvalue weighted by Gasteiger charge is -2.07. The van der Waals surface area contributed by atoms with Crippen molar-refractivity contribution in [3.63, 3.8) is 0 Å². The first-order chi connectivity index (χ1) is 14.9. The SMILES string of the molecule is Cc1cc(C)cc(OCc2csc(C(=O)Nc3ccn(Cc4ccc(F)cc4)n3)c2)c1. The van der Waals surface area contributed by atoms with Crippen molar-refractivity contribution in [2.75, 3.05) is 5.32 Å². The smallest absolute Gasteiger partial charge is 0.266 e. The number of aromatic nitrogens is 2. The molecule has 158 valence electrons. The van der Waals surface area contributed by atoms with Gasteiger partial charge in [-0.1, -0.05) is 18.2 Å². The molecule has 4 rings (SSSR count). The van der Waals surface area contributed by atoms with Gasteiger partial charge in [-0.15, -0.1) is 11.3 Å². The minimum absolute atomic E-state index is 0.213. The number of rotatable bonds is 7. The number of anilines is 1. The second-order valence-electron chi connectivity index (χ2n) is 7.41. The molecular weight excluding hydrogens is 413 g/mol. The Morgan fingerprint density at radius 1 is 1.06 bits per heavy atom. The molecule has 0 aliphatic heterocycles. The predicted molar refractivity (Wildman–Crippen MR) is 120 cm³/mol. The summed E-state index contributed by atoms with van der Waals surface area (Å²) in [6.45, 7) is 4.97. The highest BCUT2D eigenvalue weighted by Gasteiger charge is 2.12. The van der Waals surface area contributed by atoms with Crippen molar-refractivity contribution >= 4 is 23.1 Å². The molecule has 2 heterocycles. The van der Waals surface area contributed by atoms with Crippen molar-refractivity contribution in [1.82, 2.24) is 9.78 Å². The Morgan fingerprint density at radius 2 is 1.81 bits per heavy atom. The fourth-order valence-electron chi connectivity index (χ4n) is 3.22. The lowest BCUT2D eigenvalue weighted by Crippen LogP contribution is -2.11. The van der Waals surface area contributed by atoms with Gasteiger partial charge in [-0.05, 0) is 66.2 Å². The van der Waals surface area contributed by atoms with Gasteiger partial charge < -0.3 is 10.1 Å². The molecule has 7 heteroatoms. The van der Waals surface area contributed by atoms with Gasteiger partial charge in [-0.3, -0.25) is 9.48 Å². The number of hydrogen-bond acceptors (Lipinski definition) is 4. The molecule has 0 bridgehead atoms. The first-order valence-electron chi connectivity index (χ1n) is 9.82. The number of hydrogen-bond donors (Lipinski definition) is 1. The summed E-state index contributed by atoms with van der Waals surface area (Å²) in [5, 5.41) is 9.10. The van der Waals surface area contributed by atoms with Crippen LogP contribution in [0.2, 0.25) is 0 Å². The molecule has 5 nitrogen and oxygen atoms in total. The van der Waals surface area contributed by atoms with Gasteiger partial charge in [0.2, 0.25) is 0 Å². The van der Waals surface area contributed by atoms with Crippen molar-refractivity contribution in [2.45, 2.75) is 27.0 Å². The fourth-order valence-corrected chi connectivity index (χ4v) is 4.02. The second kappa shape index (κ2) is 9.14. The Balaban J connectivity index is 1.33. The van der Waals surface area contributed by atoms with Crippen molar-refractivity contribution in [1.29, 1.82) is 0 Å². The quantitative estimate of drug-likeness (QED) is 0.412. The number of amides is 1. The van der Waals surface area contributed by atoms with Gasteiger partial charge in [-0.2, -0.15) is 5.10 Å². The molecule has 2 aromatic carbocycles. The molecule has 4 aromatic rings. The Labute approximate surface area is 184 Å². The standard InChI is InChI=1S/C24H22FN3O2S/c1-16-9-17(2)11-21(10-16)30-14-19-12-22(31-15-19)24(29)26-23-7-8-28(27-23)13-18-3-5-20(25)6-4-18/h3-12,15H,13-14H2,1-2H3,(H,26,27,29). The van der Waals surface area contributed by atoms with E-state index in [0.29, 0.717) is 23.8 Å². The maximum Gasteiger partial charge on any atom is 0.266 e. The summed E-state index contributed by atoms with van der Waals surface area (Å²) in [5.41, 5.74) is 4.17. The average Bonchev–Trinajstić information content (AvgIpc) is 3.37. The zero-order valence-corrected chi connectivity index (χ0v) is 18.1. The Morgan fingerprint density at radius 3 is 2.55 bits per heavy atom. The van der Waals surface area contributed by atoms with Crippen LogP contribution in [0.1, 0.15) is 31.9 Å². The second-order valence-corrected chi connectivity index (χ2v) is 8.32. The lowest BCUT2D eigenvalue weighted by molar-refractivity contribution is 0.103. The molecule has 0 saturated heterocycles. The monoisotopic (exact) mass is 435 g/mol. The average molecular weight is 436 g/mol. The normalized spacial score (nSPS) is 10.8. The molecule has 2 aromatic heterocycles. The topological polar surface area (TPSA) is 56.1 Å². The summed E-state index contributed by atoms with van der Waals surface area (Å²) in [4.78, 5) is 13.2. The van der Waals surface area contributed by atoms with E-state index in [0.717, 1.165) is 28.0 Å². The summed E-state index contributed by atoms with van der Waals surface area (Å²) >= 11 is 1.37. The Bertz CT molecular complexity index is 1180. The van der Waals surface area contributed by atoms with Crippen LogP contribution in [0.5, 0.6) is 5.75 Å². The van der Waals surface area contributed by atoms with Crippen LogP contribution in [0, 0.1) is 19.7 Å². The van der Waals surface area contributed by atoms with Crippen LogP contribution in [0.3, 0.4) is 0 Å². The number of carbonyl (C=O) groups excluding carboxylic acids is 1. The molecule has 31 heavy (non-hydrogen) atoms. The molecule has 0 aliphatic carbocycles. The van der Waals surface area contributed by atoms with Crippen molar-refractivity contribution in [2.24, 2.45) is 0 Å². The predicted octanol–water partition coefficient (Wildman–Crippen LogP) is 5.58. The van der Waals surface area contributed by atoms with E-state index in [-0.39, 0.29) is 11.7 Å². The van der Waals surface area contributed by atoms with Gasteiger partial charge >= 0.3 is 0 Å². The number of thiophene rings is 1. The van der Waals surface area contributed by atoms with E-state index in [2.05, 4.69) is 16.5 Å².